The molecule has 2 unspecified atom stereocenters. The predicted molar refractivity (Wildman–Crippen MR) is 92.9 cm³/mol. The lowest BCUT2D eigenvalue weighted by Crippen LogP contribution is -2.35. The summed E-state index contributed by atoms with van der Waals surface area (Å²) < 4.78 is 0. The van der Waals surface area contributed by atoms with Crippen molar-refractivity contribution < 1.29 is 4.79 Å². The van der Waals surface area contributed by atoms with Gasteiger partial charge in [-0.2, -0.15) is 0 Å². The molecule has 120 valence electrons. The molecule has 1 saturated carbocycles. The molecule has 1 N–H and O–H groups in total. The zero-order valence-corrected chi connectivity index (χ0v) is 14.1. The van der Waals surface area contributed by atoms with Gasteiger partial charge in [0.05, 0.1) is 5.25 Å². The number of rotatable bonds is 7. The molecule has 2 atom stereocenters. The minimum Gasteiger partial charge on any atom is -0.355 e. The van der Waals surface area contributed by atoms with Crippen LogP contribution in [0.15, 0.2) is 30.3 Å². The van der Waals surface area contributed by atoms with Crippen LogP contribution < -0.4 is 5.32 Å². The van der Waals surface area contributed by atoms with Crippen molar-refractivity contribution in [1.29, 1.82) is 0 Å². The van der Waals surface area contributed by atoms with Crippen molar-refractivity contribution >= 4 is 17.7 Å². The Morgan fingerprint density at radius 1 is 1.32 bits per heavy atom. The first-order chi connectivity index (χ1) is 10.7. The van der Waals surface area contributed by atoms with Gasteiger partial charge in [-0.3, -0.25) is 4.79 Å². The van der Waals surface area contributed by atoms with Gasteiger partial charge in [0.2, 0.25) is 5.91 Å². The maximum absolute atomic E-state index is 12.2. The second-order valence-corrected chi connectivity index (χ2v) is 7.89. The van der Waals surface area contributed by atoms with E-state index in [0.717, 1.165) is 18.3 Å². The van der Waals surface area contributed by atoms with Crippen LogP contribution in [-0.2, 0) is 10.5 Å². The first-order valence-electron chi connectivity index (χ1n) is 8.39. The van der Waals surface area contributed by atoms with E-state index in [1.54, 1.807) is 11.8 Å². The van der Waals surface area contributed by atoms with Crippen LogP contribution in [-0.4, -0.2) is 41.7 Å². The van der Waals surface area contributed by atoms with Gasteiger partial charge in [-0.25, -0.2) is 0 Å². The lowest BCUT2D eigenvalue weighted by atomic mass is 10.1. The molecule has 1 aromatic carbocycles. The highest BCUT2D eigenvalue weighted by Gasteiger charge is 2.34. The molecule has 0 aromatic heterocycles. The number of carbonyl (C=O) groups is 1. The van der Waals surface area contributed by atoms with E-state index < -0.39 is 0 Å². The Balaban J connectivity index is 1.34. The van der Waals surface area contributed by atoms with Gasteiger partial charge in [-0.15, -0.1) is 11.8 Å². The Bertz CT molecular complexity index is 489. The van der Waals surface area contributed by atoms with Crippen molar-refractivity contribution in [3.05, 3.63) is 35.9 Å². The first kappa shape index (κ1) is 15.9. The molecule has 1 heterocycles. The molecule has 1 aliphatic carbocycles. The summed E-state index contributed by atoms with van der Waals surface area (Å²) in [4.78, 5) is 14.8. The smallest absolute Gasteiger partial charge is 0.232 e. The Labute approximate surface area is 137 Å². The lowest BCUT2D eigenvalue weighted by molar-refractivity contribution is -0.120. The SMILES string of the molecule is CC(SCc1ccccc1)C(=O)NCC1CCN(C2CC2)C1. The lowest BCUT2D eigenvalue weighted by Gasteiger charge is -2.16. The number of hydrogen-bond donors (Lipinski definition) is 1. The summed E-state index contributed by atoms with van der Waals surface area (Å²) in [6.07, 6.45) is 4.00. The molecule has 0 radical (unpaired) electrons. The Morgan fingerprint density at radius 2 is 2.09 bits per heavy atom. The van der Waals surface area contributed by atoms with Gasteiger partial charge in [0.25, 0.3) is 0 Å². The minimum atomic E-state index is 0.0149. The van der Waals surface area contributed by atoms with Gasteiger partial charge in [-0.1, -0.05) is 30.3 Å². The van der Waals surface area contributed by atoms with E-state index in [1.165, 1.54) is 37.9 Å². The molecule has 1 aromatic rings. The second-order valence-electron chi connectivity index (χ2n) is 6.56. The van der Waals surface area contributed by atoms with E-state index in [1.807, 2.05) is 25.1 Å². The Kier molecular flexibility index (Phi) is 5.42. The van der Waals surface area contributed by atoms with E-state index >= 15 is 0 Å². The molecule has 0 bridgehead atoms. The van der Waals surface area contributed by atoms with Crippen molar-refractivity contribution in [1.82, 2.24) is 10.2 Å². The zero-order valence-electron chi connectivity index (χ0n) is 13.3. The maximum Gasteiger partial charge on any atom is 0.232 e. The fraction of sp³-hybridized carbons (Fsp3) is 0.611. The number of hydrogen-bond acceptors (Lipinski definition) is 3. The summed E-state index contributed by atoms with van der Waals surface area (Å²) in [5, 5.41) is 3.17. The third-order valence-corrected chi connectivity index (χ3v) is 5.87. The molecule has 3 nitrogen and oxygen atoms in total. The number of amides is 1. The van der Waals surface area contributed by atoms with Gasteiger partial charge in [0.15, 0.2) is 0 Å². The number of carbonyl (C=O) groups excluding carboxylic acids is 1. The van der Waals surface area contributed by atoms with E-state index in [9.17, 15) is 4.79 Å². The summed E-state index contributed by atoms with van der Waals surface area (Å²) in [6.45, 7) is 5.26. The first-order valence-corrected chi connectivity index (χ1v) is 9.44. The highest BCUT2D eigenvalue weighted by molar-refractivity contribution is 7.99. The Morgan fingerprint density at radius 3 is 2.82 bits per heavy atom. The monoisotopic (exact) mass is 318 g/mol. The summed E-state index contributed by atoms with van der Waals surface area (Å²) in [5.74, 6) is 1.73. The van der Waals surface area contributed by atoms with Gasteiger partial charge in [0, 0.05) is 24.9 Å². The largest absolute Gasteiger partial charge is 0.355 e. The van der Waals surface area contributed by atoms with Gasteiger partial charge in [-0.05, 0) is 44.2 Å². The van der Waals surface area contributed by atoms with Gasteiger partial charge >= 0.3 is 0 Å². The van der Waals surface area contributed by atoms with E-state index in [2.05, 4.69) is 22.3 Å². The fourth-order valence-corrected chi connectivity index (χ4v) is 3.93. The quantitative estimate of drug-likeness (QED) is 0.839. The van der Waals surface area contributed by atoms with Crippen molar-refractivity contribution in [2.24, 2.45) is 5.92 Å². The number of likely N-dealkylation sites (tertiary alicyclic amines) is 1. The molecule has 0 spiro atoms. The van der Waals surface area contributed by atoms with Crippen LogP contribution in [0.2, 0.25) is 0 Å². The van der Waals surface area contributed by atoms with Crippen LogP contribution in [0, 0.1) is 5.92 Å². The van der Waals surface area contributed by atoms with Crippen LogP contribution in [0.25, 0.3) is 0 Å². The third-order valence-electron chi connectivity index (χ3n) is 4.66. The third kappa shape index (κ3) is 4.50. The Hall–Kier alpha value is -1.00. The number of benzene rings is 1. The molecular weight excluding hydrogens is 292 g/mol. The average molecular weight is 318 g/mol. The number of nitrogens with one attached hydrogen (secondary N) is 1. The van der Waals surface area contributed by atoms with Crippen LogP contribution in [0.3, 0.4) is 0 Å². The molecule has 3 rings (SSSR count). The highest BCUT2D eigenvalue weighted by atomic mass is 32.2. The summed E-state index contributed by atoms with van der Waals surface area (Å²) >= 11 is 1.71. The number of nitrogens with zero attached hydrogens (tertiary/aromatic N) is 1. The zero-order chi connectivity index (χ0) is 15.4. The van der Waals surface area contributed by atoms with Crippen LogP contribution in [0.1, 0.15) is 31.7 Å². The highest BCUT2D eigenvalue weighted by Crippen LogP contribution is 2.31. The summed E-state index contributed by atoms with van der Waals surface area (Å²) in [5.41, 5.74) is 1.28. The van der Waals surface area contributed by atoms with Gasteiger partial charge < -0.3 is 10.2 Å². The minimum absolute atomic E-state index is 0.0149. The summed E-state index contributed by atoms with van der Waals surface area (Å²) in [7, 11) is 0. The van der Waals surface area contributed by atoms with Crippen LogP contribution in [0.5, 0.6) is 0 Å². The molecule has 4 heteroatoms. The van der Waals surface area contributed by atoms with Crippen LogP contribution in [0.4, 0.5) is 0 Å². The molecule has 2 fully saturated rings. The molecule has 22 heavy (non-hydrogen) atoms. The van der Waals surface area contributed by atoms with Crippen molar-refractivity contribution in [3.8, 4) is 0 Å². The van der Waals surface area contributed by atoms with Crippen LogP contribution >= 0.6 is 11.8 Å². The van der Waals surface area contributed by atoms with Crippen molar-refractivity contribution in [2.75, 3.05) is 19.6 Å². The molecule has 1 aliphatic heterocycles. The number of thioether (sulfide) groups is 1. The fourth-order valence-electron chi connectivity index (χ4n) is 3.06. The van der Waals surface area contributed by atoms with Gasteiger partial charge in [0.1, 0.15) is 0 Å². The molecule has 2 aliphatic rings. The molecular formula is C18H26N2OS. The second kappa shape index (κ2) is 7.51. The average Bonchev–Trinajstić information content (AvgIpc) is 3.30. The topological polar surface area (TPSA) is 32.3 Å². The predicted octanol–water partition coefficient (Wildman–Crippen LogP) is 2.91. The van der Waals surface area contributed by atoms with Crippen molar-refractivity contribution in [3.63, 3.8) is 0 Å². The van der Waals surface area contributed by atoms with E-state index in [4.69, 9.17) is 0 Å². The maximum atomic E-state index is 12.2. The van der Waals surface area contributed by atoms with E-state index in [-0.39, 0.29) is 11.2 Å². The molecule has 1 saturated heterocycles. The van der Waals surface area contributed by atoms with E-state index in [0.29, 0.717) is 5.92 Å². The standard InChI is InChI=1S/C18H26N2OS/c1-14(22-13-15-5-3-2-4-6-15)18(21)19-11-16-9-10-20(12-16)17-7-8-17/h2-6,14,16-17H,7-13H2,1H3,(H,19,21). The molecule has 1 amide bonds. The van der Waals surface area contributed by atoms with Crippen molar-refractivity contribution in [2.45, 2.75) is 43.2 Å². The summed E-state index contributed by atoms with van der Waals surface area (Å²) in [6, 6.07) is 11.2. The normalized spacial score (nSPS) is 23.4.